The van der Waals surface area contributed by atoms with Crippen LogP contribution in [0.25, 0.3) is 10.2 Å². The van der Waals surface area contributed by atoms with Gasteiger partial charge in [0, 0.05) is 18.0 Å². The minimum absolute atomic E-state index is 0.149. The van der Waals surface area contributed by atoms with Crippen LogP contribution in [0, 0.1) is 0 Å². The lowest BCUT2D eigenvalue weighted by atomic mass is 10.1. The van der Waals surface area contributed by atoms with Crippen molar-refractivity contribution in [1.82, 2.24) is 4.98 Å². The first-order valence-electron chi connectivity index (χ1n) is 8.32. The monoisotopic (exact) mass is 400 g/mol. The van der Waals surface area contributed by atoms with Gasteiger partial charge in [-0.1, -0.05) is 24.3 Å². The van der Waals surface area contributed by atoms with E-state index in [4.69, 9.17) is 10.7 Å². The van der Waals surface area contributed by atoms with Gasteiger partial charge in [0.25, 0.3) is 0 Å². The standard InChI is InChI=1S/C19H20N4O2S2/c1-13(19-23-16-5-3-4-6-18(16)26-19)22-17(11-21-12-20)14-7-9-15(10-8-14)27(2,24)25/h3-11,13H,12,20H2,1-2H3/t13-/m0/s1. The molecule has 2 N–H and O–H groups in total. The number of thiazole rings is 1. The topological polar surface area (TPSA) is 97.8 Å². The van der Waals surface area contributed by atoms with Crippen molar-refractivity contribution >= 4 is 43.3 Å². The molecular formula is C19H20N4O2S2. The van der Waals surface area contributed by atoms with Gasteiger partial charge in [-0.25, -0.2) is 13.4 Å². The van der Waals surface area contributed by atoms with Gasteiger partial charge in [-0.3, -0.25) is 9.98 Å². The number of rotatable bonds is 6. The van der Waals surface area contributed by atoms with Crippen molar-refractivity contribution in [2.24, 2.45) is 15.7 Å². The Morgan fingerprint density at radius 1 is 1.22 bits per heavy atom. The summed E-state index contributed by atoms with van der Waals surface area (Å²) in [6, 6.07) is 14.4. The number of para-hydroxylation sites is 1. The zero-order valence-electron chi connectivity index (χ0n) is 15.0. The molecular weight excluding hydrogens is 380 g/mol. The molecule has 3 aromatic rings. The molecule has 1 heterocycles. The van der Waals surface area contributed by atoms with Crippen LogP contribution in [0.3, 0.4) is 0 Å². The summed E-state index contributed by atoms with van der Waals surface area (Å²) in [6.07, 6.45) is 2.79. The molecule has 0 aliphatic rings. The molecule has 27 heavy (non-hydrogen) atoms. The first-order chi connectivity index (χ1) is 12.9. The van der Waals surface area contributed by atoms with Crippen LogP contribution in [-0.2, 0) is 9.84 Å². The number of aliphatic imine (C=N–C) groups is 2. The molecule has 0 saturated heterocycles. The molecule has 140 valence electrons. The Morgan fingerprint density at radius 2 is 1.93 bits per heavy atom. The molecule has 0 bridgehead atoms. The number of nitrogens with two attached hydrogens (primary N) is 1. The molecule has 2 aromatic carbocycles. The highest BCUT2D eigenvalue weighted by atomic mass is 32.2. The fourth-order valence-corrected chi connectivity index (χ4v) is 4.11. The summed E-state index contributed by atoms with van der Waals surface area (Å²) < 4.78 is 24.4. The molecule has 0 amide bonds. The number of hydrogen-bond donors (Lipinski definition) is 1. The third kappa shape index (κ3) is 4.65. The second kappa shape index (κ2) is 8.08. The van der Waals surface area contributed by atoms with Crippen LogP contribution in [0.5, 0.6) is 0 Å². The molecule has 3 rings (SSSR count). The molecule has 0 saturated carbocycles. The molecule has 0 aliphatic carbocycles. The van der Waals surface area contributed by atoms with Gasteiger partial charge < -0.3 is 5.73 Å². The van der Waals surface area contributed by atoms with E-state index in [0.29, 0.717) is 5.71 Å². The highest BCUT2D eigenvalue weighted by molar-refractivity contribution is 7.90. The second-order valence-corrected chi connectivity index (χ2v) is 9.08. The van der Waals surface area contributed by atoms with Crippen LogP contribution in [0.15, 0.2) is 63.4 Å². The molecule has 6 nitrogen and oxygen atoms in total. The molecule has 1 atom stereocenters. The first-order valence-corrected chi connectivity index (χ1v) is 11.0. The van der Waals surface area contributed by atoms with Gasteiger partial charge in [-0.2, -0.15) is 0 Å². The van der Waals surface area contributed by atoms with Gasteiger partial charge in [0.15, 0.2) is 9.84 Å². The van der Waals surface area contributed by atoms with Crippen molar-refractivity contribution in [2.75, 3.05) is 12.9 Å². The number of aromatic nitrogens is 1. The van der Waals surface area contributed by atoms with Gasteiger partial charge in [0.2, 0.25) is 0 Å². The minimum atomic E-state index is -3.24. The minimum Gasteiger partial charge on any atom is -0.312 e. The number of nitrogens with zero attached hydrogens (tertiary/aromatic N) is 3. The Labute approximate surface area is 162 Å². The zero-order valence-corrected chi connectivity index (χ0v) is 16.7. The van der Waals surface area contributed by atoms with Gasteiger partial charge in [-0.15, -0.1) is 11.3 Å². The smallest absolute Gasteiger partial charge is 0.175 e. The van der Waals surface area contributed by atoms with Gasteiger partial charge in [0.1, 0.15) is 5.01 Å². The van der Waals surface area contributed by atoms with Crippen LogP contribution in [-0.4, -0.2) is 38.3 Å². The van der Waals surface area contributed by atoms with Crippen LogP contribution >= 0.6 is 11.3 Å². The van der Waals surface area contributed by atoms with Crippen LogP contribution in [0.1, 0.15) is 23.5 Å². The van der Waals surface area contributed by atoms with E-state index < -0.39 is 9.84 Å². The third-order valence-electron chi connectivity index (χ3n) is 3.90. The van der Waals surface area contributed by atoms with E-state index in [2.05, 4.69) is 9.98 Å². The summed E-state index contributed by atoms with van der Waals surface area (Å²) in [6.45, 7) is 2.12. The lowest BCUT2D eigenvalue weighted by Crippen LogP contribution is -2.08. The summed E-state index contributed by atoms with van der Waals surface area (Å²) in [7, 11) is -3.24. The van der Waals surface area contributed by atoms with Crippen LogP contribution in [0.4, 0.5) is 0 Å². The zero-order chi connectivity index (χ0) is 19.4. The Balaban J connectivity index is 1.97. The van der Waals surface area contributed by atoms with Crippen molar-refractivity contribution in [3.63, 3.8) is 0 Å². The van der Waals surface area contributed by atoms with E-state index in [1.807, 2.05) is 31.2 Å². The molecule has 1 aromatic heterocycles. The Morgan fingerprint density at radius 3 is 2.56 bits per heavy atom. The maximum atomic E-state index is 11.7. The molecule has 0 unspecified atom stereocenters. The lowest BCUT2D eigenvalue weighted by Gasteiger charge is -2.07. The van der Waals surface area contributed by atoms with Gasteiger partial charge >= 0.3 is 0 Å². The second-order valence-electron chi connectivity index (χ2n) is 6.00. The molecule has 0 radical (unpaired) electrons. The highest BCUT2D eigenvalue weighted by Crippen LogP contribution is 2.28. The fraction of sp³-hybridized carbons (Fsp3) is 0.211. The van der Waals surface area contributed by atoms with E-state index in [1.54, 1.807) is 41.8 Å². The average molecular weight is 401 g/mol. The number of hydrogen-bond acceptors (Lipinski definition) is 7. The van der Waals surface area contributed by atoms with Crippen LogP contribution < -0.4 is 5.73 Å². The van der Waals surface area contributed by atoms with E-state index in [0.717, 1.165) is 20.8 Å². The summed E-state index contributed by atoms with van der Waals surface area (Å²) in [4.78, 5) is 13.8. The largest absolute Gasteiger partial charge is 0.312 e. The maximum absolute atomic E-state index is 11.7. The quantitative estimate of drug-likeness (QED) is 0.642. The lowest BCUT2D eigenvalue weighted by molar-refractivity contribution is 0.602. The van der Waals surface area contributed by atoms with Crippen LogP contribution in [0.2, 0.25) is 0 Å². The molecule has 0 aliphatic heterocycles. The summed E-state index contributed by atoms with van der Waals surface area (Å²) in [5, 5.41) is 0.905. The van der Waals surface area contributed by atoms with E-state index in [-0.39, 0.29) is 17.6 Å². The molecule has 0 spiro atoms. The fourth-order valence-electron chi connectivity index (χ4n) is 2.53. The van der Waals surface area contributed by atoms with Crippen molar-refractivity contribution in [2.45, 2.75) is 17.9 Å². The summed E-state index contributed by atoms with van der Waals surface area (Å²) >= 11 is 1.61. The van der Waals surface area contributed by atoms with Gasteiger partial charge in [0.05, 0.1) is 33.5 Å². The van der Waals surface area contributed by atoms with E-state index in [9.17, 15) is 8.42 Å². The van der Waals surface area contributed by atoms with Gasteiger partial charge in [-0.05, 0) is 31.2 Å². The molecule has 0 fully saturated rings. The Hall–Kier alpha value is -2.42. The highest BCUT2D eigenvalue weighted by Gasteiger charge is 2.13. The predicted octanol–water partition coefficient (Wildman–Crippen LogP) is 3.24. The van der Waals surface area contributed by atoms with E-state index >= 15 is 0 Å². The number of sulfone groups is 1. The van der Waals surface area contributed by atoms with Crippen molar-refractivity contribution in [1.29, 1.82) is 0 Å². The van der Waals surface area contributed by atoms with E-state index in [1.165, 1.54) is 6.26 Å². The van der Waals surface area contributed by atoms with Crippen molar-refractivity contribution in [3.05, 3.63) is 59.1 Å². The van der Waals surface area contributed by atoms with Crippen molar-refractivity contribution in [3.8, 4) is 0 Å². The van der Waals surface area contributed by atoms with Crippen molar-refractivity contribution < 1.29 is 8.42 Å². The SMILES string of the molecule is C[C@H](N=C(C=NCN)c1ccc(S(C)(=O)=O)cc1)c1nc2ccccc2s1. The normalized spacial score (nSPS) is 14.1. The maximum Gasteiger partial charge on any atom is 0.175 e. The Bertz CT molecular complexity index is 1070. The first kappa shape index (κ1) is 19.3. The number of fused-ring (bicyclic) bond motifs is 1. The summed E-state index contributed by atoms with van der Waals surface area (Å²) in [5.41, 5.74) is 7.84. The Kier molecular flexibility index (Phi) is 5.79. The average Bonchev–Trinajstić information content (AvgIpc) is 3.09. The summed E-state index contributed by atoms with van der Waals surface area (Å²) in [5.74, 6) is 0. The predicted molar refractivity (Wildman–Crippen MR) is 112 cm³/mol. The third-order valence-corrected chi connectivity index (χ3v) is 6.23. The number of benzene rings is 2. The molecule has 8 heteroatoms.